The van der Waals surface area contributed by atoms with Gasteiger partial charge in [0.15, 0.2) is 0 Å². The fraction of sp³-hybridized carbons (Fsp3) is 0.419. The van der Waals surface area contributed by atoms with Gasteiger partial charge in [-0.05, 0) is 67.7 Å². The lowest BCUT2D eigenvalue weighted by molar-refractivity contribution is 0.518. The first-order valence-corrected chi connectivity index (χ1v) is 11.5. The molecule has 0 spiro atoms. The van der Waals surface area contributed by atoms with E-state index in [0.717, 1.165) is 0 Å². The summed E-state index contributed by atoms with van der Waals surface area (Å²) in [4.78, 5) is 0. The Labute approximate surface area is 190 Å². The van der Waals surface area contributed by atoms with Crippen molar-refractivity contribution in [2.45, 2.75) is 80.1 Å². The SMILES string of the molecule is CC1=CC(C(C)(C)C)=CC1=C(c1ccc(C(C)(C)C)cc1)c1ccc(C(C)(C)C)cc1. The van der Waals surface area contributed by atoms with Gasteiger partial charge < -0.3 is 0 Å². The molecule has 0 nitrogen and oxygen atoms in total. The average molecular weight is 413 g/mol. The topological polar surface area (TPSA) is 0 Å². The molecule has 2 aromatic rings. The third-order valence-corrected chi connectivity index (χ3v) is 6.31. The molecule has 0 bridgehead atoms. The molecule has 31 heavy (non-hydrogen) atoms. The molecule has 0 aromatic heterocycles. The first kappa shape index (κ1) is 23.3. The summed E-state index contributed by atoms with van der Waals surface area (Å²) in [5.74, 6) is 0. The van der Waals surface area contributed by atoms with Crippen molar-refractivity contribution in [1.82, 2.24) is 0 Å². The van der Waals surface area contributed by atoms with E-state index in [0.29, 0.717) is 0 Å². The van der Waals surface area contributed by atoms with Crippen molar-refractivity contribution in [2.24, 2.45) is 5.41 Å². The Kier molecular flexibility index (Phi) is 6.00. The largest absolute Gasteiger partial charge is 0.0579 e. The van der Waals surface area contributed by atoms with E-state index in [1.165, 1.54) is 44.5 Å². The van der Waals surface area contributed by atoms with Gasteiger partial charge in [-0.25, -0.2) is 0 Å². The van der Waals surface area contributed by atoms with Crippen molar-refractivity contribution < 1.29 is 0 Å². The number of allylic oxidation sites excluding steroid dienone is 5. The minimum Gasteiger partial charge on any atom is -0.0579 e. The van der Waals surface area contributed by atoms with Crippen molar-refractivity contribution in [3.05, 3.63) is 99.7 Å². The molecule has 164 valence electrons. The Balaban J connectivity index is 2.21. The van der Waals surface area contributed by atoms with Gasteiger partial charge in [-0.2, -0.15) is 0 Å². The standard InChI is InChI=1S/C31H40/c1-21-19-26(31(8,9)10)20-27(21)28(22-11-15-24(16-12-22)29(2,3)4)23-13-17-25(18-14-23)30(5,6)7/h11-20H,1-10H3. The second kappa shape index (κ2) is 7.97. The molecule has 1 aliphatic rings. The maximum atomic E-state index is 2.40. The summed E-state index contributed by atoms with van der Waals surface area (Å²) in [6.45, 7) is 22.8. The Morgan fingerprint density at radius 1 is 0.516 bits per heavy atom. The summed E-state index contributed by atoms with van der Waals surface area (Å²) in [6, 6.07) is 18.4. The van der Waals surface area contributed by atoms with E-state index in [1.54, 1.807) is 0 Å². The fourth-order valence-electron chi connectivity index (χ4n) is 4.08. The molecular formula is C31H40. The van der Waals surface area contributed by atoms with E-state index in [4.69, 9.17) is 0 Å². The first-order chi connectivity index (χ1) is 14.2. The second-order valence-electron chi connectivity index (χ2n) is 12.1. The molecule has 0 N–H and O–H groups in total. The molecule has 0 fully saturated rings. The third-order valence-electron chi connectivity index (χ3n) is 6.31. The van der Waals surface area contributed by atoms with Crippen molar-refractivity contribution >= 4 is 5.57 Å². The van der Waals surface area contributed by atoms with E-state index in [1.807, 2.05) is 0 Å². The lowest BCUT2D eigenvalue weighted by atomic mass is 9.83. The molecule has 0 saturated carbocycles. The molecule has 1 aliphatic carbocycles. The normalized spacial score (nSPS) is 15.1. The van der Waals surface area contributed by atoms with Gasteiger partial charge in [0, 0.05) is 0 Å². The van der Waals surface area contributed by atoms with Crippen LogP contribution in [-0.2, 0) is 10.8 Å². The van der Waals surface area contributed by atoms with Crippen LogP contribution < -0.4 is 0 Å². The second-order valence-corrected chi connectivity index (χ2v) is 12.1. The van der Waals surface area contributed by atoms with Crippen LogP contribution in [0.1, 0.15) is 91.5 Å². The van der Waals surface area contributed by atoms with Crippen LogP contribution >= 0.6 is 0 Å². The van der Waals surface area contributed by atoms with Crippen LogP contribution in [0.5, 0.6) is 0 Å². The molecule has 0 radical (unpaired) electrons. The highest BCUT2D eigenvalue weighted by Crippen LogP contribution is 2.41. The third kappa shape index (κ3) is 5.12. The Morgan fingerprint density at radius 2 is 0.903 bits per heavy atom. The van der Waals surface area contributed by atoms with Gasteiger partial charge in [-0.3, -0.25) is 0 Å². The molecule has 0 aliphatic heterocycles. The van der Waals surface area contributed by atoms with Crippen LogP contribution in [0.2, 0.25) is 0 Å². The van der Waals surface area contributed by atoms with Crippen LogP contribution in [0.25, 0.3) is 5.57 Å². The maximum Gasteiger partial charge on any atom is -0.00361 e. The van der Waals surface area contributed by atoms with Crippen LogP contribution in [-0.4, -0.2) is 0 Å². The van der Waals surface area contributed by atoms with Crippen LogP contribution in [0.4, 0.5) is 0 Å². The highest BCUT2D eigenvalue weighted by Gasteiger charge is 2.24. The minimum atomic E-state index is 0.139. The van der Waals surface area contributed by atoms with Crippen molar-refractivity contribution in [1.29, 1.82) is 0 Å². The van der Waals surface area contributed by atoms with Gasteiger partial charge in [0.25, 0.3) is 0 Å². The predicted molar refractivity (Wildman–Crippen MR) is 138 cm³/mol. The quantitative estimate of drug-likeness (QED) is 0.461. The van der Waals surface area contributed by atoms with E-state index in [9.17, 15) is 0 Å². The van der Waals surface area contributed by atoms with Gasteiger partial charge in [0.1, 0.15) is 0 Å². The van der Waals surface area contributed by atoms with E-state index in [2.05, 4.69) is 130 Å². The summed E-state index contributed by atoms with van der Waals surface area (Å²) < 4.78 is 0. The Morgan fingerprint density at radius 3 is 1.19 bits per heavy atom. The average Bonchev–Trinajstić information content (AvgIpc) is 3.03. The minimum absolute atomic E-state index is 0.139. The van der Waals surface area contributed by atoms with Crippen LogP contribution in [0, 0.1) is 5.41 Å². The Hall–Kier alpha value is -2.34. The molecule has 0 unspecified atom stereocenters. The van der Waals surface area contributed by atoms with Gasteiger partial charge in [0.2, 0.25) is 0 Å². The van der Waals surface area contributed by atoms with E-state index >= 15 is 0 Å². The van der Waals surface area contributed by atoms with Gasteiger partial charge in [-0.1, -0.05) is 123 Å². The van der Waals surface area contributed by atoms with Gasteiger partial charge in [-0.15, -0.1) is 0 Å². The molecule has 2 aromatic carbocycles. The summed E-state index contributed by atoms with van der Waals surface area (Å²) in [5.41, 5.74) is 11.2. The summed E-state index contributed by atoms with van der Waals surface area (Å²) in [7, 11) is 0. The number of hydrogen-bond donors (Lipinski definition) is 0. The van der Waals surface area contributed by atoms with Crippen molar-refractivity contribution in [3.8, 4) is 0 Å². The molecular weight excluding hydrogens is 372 g/mol. The zero-order valence-corrected chi connectivity index (χ0v) is 21.3. The highest BCUT2D eigenvalue weighted by atomic mass is 14.3. The van der Waals surface area contributed by atoms with Crippen LogP contribution in [0.3, 0.4) is 0 Å². The van der Waals surface area contributed by atoms with Crippen LogP contribution in [0.15, 0.2) is 77.4 Å². The maximum absolute atomic E-state index is 2.40. The predicted octanol–water partition coefficient (Wildman–Crippen LogP) is 9.02. The summed E-state index contributed by atoms with van der Waals surface area (Å²) in [6.07, 6.45) is 4.77. The summed E-state index contributed by atoms with van der Waals surface area (Å²) >= 11 is 0. The highest BCUT2D eigenvalue weighted by molar-refractivity contribution is 5.88. The smallest absolute Gasteiger partial charge is 0.00361 e. The molecule has 3 rings (SSSR count). The fourth-order valence-corrected chi connectivity index (χ4v) is 4.08. The van der Waals surface area contributed by atoms with Crippen molar-refractivity contribution in [2.75, 3.05) is 0 Å². The number of hydrogen-bond acceptors (Lipinski definition) is 0. The molecule has 0 amide bonds. The summed E-state index contributed by atoms with van der Waals surface area (Å²) in [5, 5.41) is 0. The van der Waals surface area contributed by atoms with Gasteiger partial charge >= 0.3 is 0 Å². The molecule has 0 atom stereocenters. The first-order valence-electron chi connectivity index (χ1n) is 11.5. The monoisotopic (exact) mass is 412 g/mol. The zero-order chi connectivity index (χ0) is 23.2. The lowest BCUT2D eigenvalue weighted by Crippen LogP contribution is -2.11. The number of rotatable bonds is 2. The van der Waals surface area contributed by atoms with Crippen molar-refractivity contribution in [3.63, 3.8) is 0 Å². The molecule has 0 heterocycles. The zero-order valence-electron chi connectivity index (χ0n) is 21.3. The lowest BCUT2D eigenvalue weighted by Gasteiger charge is -2.22. The van der Waals surface area contributed by atoms with E-state index in [-0.39, 0.29) is 16.2 Å². The van der Waals surface area contributed by atoms with Gasteiger partial charge in [0.05, 0.1) is 0 Å². The van der Waals surface area contributed by atoms with E-state index < -0.39 is 0 Å². The Bertz CT molecular complexity index is 970. The molecule has 0 saturated heterocycles. The molecule has 0 heteroatoms. The number of benzene rings is 2.